The number of aryl methyl sites for hydroxylation is 1. The maximum atomic E-state index is 14.3. The first kappa shape index (κ1) is 23.8. The lowest BCUT2D eigenvalue weighted by Gasteiger charge is -2.20. The van der Waals surface area contributed by atoms with E-state index < -0.39 is 21.7 Å². The van der Waals surface area contributed by atoms with Crippen LogP contribution < -0.4 is 14.4 Å². The van der Waals surface area contributed by atoms with E-state index in [1.165, 1.54) is 61.3 Å². The van der Waals surface area contributed by atoms with E-state index in [1.54, 1.807) is 31.2 Å². The molecule has 4 aromatic rings. The summed E-state index contributed by atoms with van der Waals surface area (Å²) in [5.74, 6) is -0.183. The molecule has 4 rings (SSSR count). The molecule has 0 atom stereocenters. The average molecular weight is 497 g/mol. The van der Waals surface area contributed by atoms with Crippen molar-refractivity contribution in [3.63, 3.8) is 0 Å². The molecule has 0 bridgehead atoms. The lowest BCUT2D eigenvalue weighted by molar-refractivity contribution is 0.102. The minimum Gasteiger partial charge on any atom is -0.497 e. The monoisotopic (exact) mass is 496 g/mol. The summed E-state index contributed by atoms with van der Waals surface area (Å²) in [5, 5.41) is 13.6. The predicted molar refractivity (Wildman–Crippen MR) is 127 cm³/mol. The Bertz CT molecular complexity index is 1490. The number of anilines is 2. The van der Waals surface area contributed by atoms with E-state index in [2.05, 4.69) is 20.8 Å². The fourth-order valence-electron chi connectivity index (χ4n) is 3.30. The zero-order chi connectivity index (χ0) is 25.2. The number of hydrogen-bond acceptors (Lipinski definition) is 7. The summed E-state index contributed by atoms with van der Waals surface area (Å²) in [5.41, 5.74) is 0.878. The Kier molecular flexibility index (Phi) is 6.47. The number of rotatable bonds is 7. The van der Waals surface area contributed by atoms with Crippen LogP contribution >= 0.6 is 0 Å². The van der Waals surface area contributed by atoms with Crippen molar-refractivity contribution in [1.29, 1.82) is 0 Å². The number of carbonyl (C=O) groups excluding carboxylic acids is 1. The first-order valence-corrected chi connectivity index (χ1v) is 11.7. The van der Waals surface area contributed by atoms with Gasteiger partial charge >= 0.3 is 0 Å². The van der Waals surface area contributed by atoms with Crippen LogP contribution in [-0.2, 0) is 10.0 Å². The number of hydrogen-bond donors (Lipinski definition) is 1. The lowest BCUT2D eigenvalue weighted by atomic mass is 10.2. The molecule has 35 heavy (non-hydrogen) atoms. The highest BCUT2D eigenvalue weighted by atomic mass is 32.2. The van der Waals surface area contributed by atoms with Crippen LogP contribution in [0, 0.1) is 12.7 Å². The quantitative estimate of drug-likeness (QED) is 0.417. The molecular formula is C23H21FN6O4S. The number of carbonyl (C=O) groups is 1. The number of methoxy groups -OCH3 is 1. The van der Waals surface area contributed by atoms with E-state index in [9.17, 15) is 17.6 Å². The molecule has 12 heteroatoms. The van der Waals surface area contributed by atoms with Crippen LogP contribution in [0.15, 0.2) is 71.6 Å². The first-order chi connectivity index (χ1) is 16.7. The van der Waals surface area contributed by atoms with Gasteiger partial charge in [-0.2, -0.15) is 4.68 Å². The molecule has 1 aromatic heterocycles. The van der Waals surface area contributed by atoms with Crippen LogP contribution in [0.3, 0.4) is 0 Å². The van der Waals surface area contributed by atoms with Crippen LogP contribution in [0.2, 0.25) is 0 Å². The molecule has 0 fully saturated rings. The van der Waals surface area contributed by atoms with Gasteiger partial charge in [-0.1, -0.05) is 6.07 Å². The van der Waals surface area contributed by atoms with Crippen molar-refractivity contribution in [2.45, 2.75) is 11.8 Å². The van der Waals surface area contributed by atoms with Crippen molar-refractivity contribution >= 4 is 27.3 Å². The van der Waals surface area contributed by atoms with E-state index in [-0.39, 0.29) is 21.8 Å². The van der Waals surface area contributed by atoms with Gasteiger partial charge in [-0.25, -0.2) is 12.8 Å². The highest BCUT2D eigenvalue weighted by Crippen LogP contribution is 2.25. The molecule has 0 saturated heterocycles. The van der Waals surface area contributed by atoms with Crippen LogP contribution in [0.4, 0.5) is 15.8 Å². The highest BCUT2D eigenvalue weighted by molar-refractivity contribution is 7.92. The van der Waals surface area contributed by atoms with E-state index in [1.807, 2.05) is 0 Å². The molecule has 0 saturated carbocycles. The topological polar surface area (TPSA) is 119 Å². The predicted octanol–water partition coefficient (Wildman–Crippen LogP) is 3.20. The molecule has 0 unspecified atom stereocenters. The van der Waals surface area contributed by atoms with Gasteiger partial charge in [0.1, 0.15) is 17.3 Å². The number of benzene rings is 3. The Labute approximate surface area is 201 Å². The van der Waals surface area contributed by atoms with Crippen LogP contribution in [0.1, 0.15) is 16.2 Å². The van der Waals surface area contributed by atoms with E-state index in [4.69, 9.17) is 4.74 Å². The van der Waals surface area contributed by atoms with Crippen molar-refractivity contribution in [2.75, 3.05) is 23.8 Å². The fraction of sp³-hybridized carbons (Fsp3) is 0.130. The normalized spacial score (nSPS) is 11.2. The molecule has 1 amide bonds. The Hall–Kier alpha value is -4.32. The number of ether oxygens (including phenoxy) is 1. The summed E-state index contributed by atoms with van der Waals surface area (Å²) in [6, 6.07) is 16.1. The number of tetrazole rings is 1. The standard InChI is InChI=1S/C23H21FN6O4S/c1-15-26-27-28-30(15)22-14-17(7-12-21(22)24)25-23(31)16-5-4-6-20(13-16)35(32,33)29(2)18-8-10-19(34-3)11-9-18/h4-14H,1-3H3,(H,25,31). The van der Waals surface area contributed by atoms with Crippen molar-refractivity contribution in [2.24, 2.45) is 0 Å². The molecule has 1 heterocycles. The molecule has 3 aromatic carbocycles. The minimum absolute atomic E-state index is 0.0581. The SMILES string of the molecule is COc1ccc(N(C)S(=O)(=O)c2cccc(C(=O)Nc3ccc(F)c(-n4nnnc4C)c3)c2)cc1. The van der Waals surface area contributed by atoms with Gasteiger partial charge in [-0.15, -0.1) is 5.10 Å². The molecule has 0 aliphatic heterocycles. The van der Waals surface area contributed by atoms with Gasteiger partial charge in [0, 0.05) is 18.3 Å². The number of aromatic nitrogens is 4. The number of halogens is 1. The van der Waals surface area contributed by atoms with Crippen molar-refractivity contribution < 1.29 is 22.3 Å². The second kappa shape index (κ2) is 9.50. The number of nitrogens with zero attached hydrogens (tertiary/aromatic N) is 5. The maximum Gasteiger partial charge on any atom is 0.264 e. The van der Waals surface area contributed by atoms with E-state index >= 15 is 0 Å². The zero-order valence-electron chi connectivity index (χ0n) is 19.0. The largest absolute Gasteiger partial charge is 0.497 e. The van der Waals surface area contributed by atoms with Crippen molar-refractivity contribution in [3.8, 4) is 11.4 Å². The molecule has 0 radical (unpaired) electrons. The second-order valence-corrected chi connectivity index (χ2v) is 9.43. The fourth-order valence-corrected chi connectivity index (χ4v) is 4.54. The molecule has 180 valence electrons. The first-order valence-electron chi connectivity index (χ1n) is 10.3. The lowest BCUT2D eigenvalue weighted by Crippen LogP contribution is -2.26. The van der Waals surface area contributed by atoms with Crippen molar-refractivity contribution in [3.05, 3.63) is 83.9 Å². The van der Waals surface area contributed by atoms with Crippen LogP contribution in [0.5, 0.6) is 5.75 Å². The van der Waals surface area contributed by atoms with Crippen molar-refractivity contribution in [1.82, 2.24) is 20.2 Å². The number of amides is 1. The van der Waals surface area contributed by atoms with E-state index in [0.717, 1.165) is 4.31 Å². The van der Waals surface area contributed by atoms with Gasteiger partial charge < -0.3 is 10.1 Å². The Morgan fingerprint density at radius 3 is 2.49 bits per heavy atom. The molecule has 10 nitrogen and oxygen atoms in total. The summed E-state index contributed by atoms with van der Waals surface area (Å²) in [4.78, 5) is 12.8. The van der Waals surface area contributed by atoms with Crippen LogP contribution in [0.25, 0.3) is 5.69 Å². The van der Waals surface area contributed by atoms with Gasteiger partial charge in [0.05, 0.1) is 17.7 Å². The van der Waals surface area contributed by atoms with Gasteiger partial charge in [0.2, 0.25) is 0 Å². The highest BCUT2D eigenvalue weighted by Gasteiger charge is 2.23. The zero-order valence-corrected chi connectivity index (χ0v) is 19.8. The third-order valence-electron chi connectivity index (χ3n) is 5.25. The van der Waals surface area contributed by atoms with Gasteiger partial charge in [0.15, 0.2) is 5.82 Å². The Balaban J connectivity index is 1.58. The average Bonchev–Trinajstić information content (AvgIpc) is 3.30. The maximum absolute atomic E-state index is 14.3. The third kappa shape index (κ3) is 4.82. The summed E-state index contributed by atoms with van der Waals surface area (Å²) >= 11 is 0. The molecule has 0 aliphatic rings. The van der Waals surface area contributed by atoms with Gasteiger partial charge in [0.25, 0.3) is 15.9 Å². The smallest absolute Gasteiger partial charge is 0.264 e. The molecular weight excluding hydrogens is 475 g/mol. The molecule has 0 spiro atoms. The van der Waals surface area contributed by atoms with Gasteiger partial charge in [-0.05, 0) is 78.0 Å². The Morgan fingerprint density at radius 2 is 1.83 bits per heavy atom. The second-order valence-electron chi connectivity index (χ2n) is 7.46. The van der Waals surface area contributed by atoms with Crippen LogP contribution in [-0.4, -0.2) is 48.7 Å². The summed E-state index contributed by atoms with van der Waals surface area (Å²) in [6.45, 7) is 1.61. The molecule has 1 N–H and O–H groups in total. The van der Waals surface area contributed by atoms with E-state index in [0.29, 0.717) is 17.3 Å². The number of nitrogens with one attached hydrogen (secondary N) is 1. The minimum atomic E-state index is -3.95. The Morgan fingerprint density at radius 1 is 1.09 bits per heavy atom. The number of sulfonamides is 1. The molecule has 0 aliphatic carbocycles. The summed E-state index contributed by atoms with van der Waals surface area (Å²) < 4.78 is 48.1. The summed E-state index contributed by atoms with van der Waals surface area (Å²) in [6.07, 6.45) is 0. The third-order valence-corrected chi connectivity index (χ3v) is 7.03. The van der Waals surface area contributed by atoms with Gasteiger partial charge in [-0.3, -0.25) is 9.10 Å². The summed E-state index contributed by atoms with van der Waals surface area (Å²) in [7, 11) is -1.01.